The number of likely N-dealkylation sites (tertiary alicyclic amines) is 1. The van der Waals surface area contributed by atoms with Gasteiger partial charge in [0.15, 0.2) is 0 Å². The van der Waals surface area contributed by atoms with Crippen LogP contribution in [0.25, 0.3) is 0 Å². The SMILES string of the molecule is C1CCCCC1.CNC(C)C(=O)NCC(=O)N1CCCC1.O=C(c1ccccc1)c1cscn1. The highest BCUT2D eigenvalue weighted by atomic mass is 32.1. The molecule has 0 bridgehead atoms. The van der Waals surface area contributed by atoms with E-state index in [0.717, 1.165) is 25.9 Å². The van der Waals surface area contributed by atoms with Crippen LogP contribution in [0.5, 0.6) is 0 Å². The third-order valence-electron chi connectivity index (χ3n) is 5.90. The van der Waals surface area contributed by atoms with Crippen molar-refractivity contribution >= 4 is 28.9 Å². The van der Waals surface area contributed by atoms with E-state index < -0.39 is 0 Å². The molecule has 7 nitrogen and oxygen atoms in total. The molecule has 2 aromatic rings. The summed E-state index contributed by atoms with van der Waals surface area (Å²) in [5.41, 5.74) is 2.88. The Morgan fingerprint density at radius 2 is 1.56 bits per heavy atom. The van der Waals surface area contributed by atoms with Crippen molar-refractivity contribution in [1.29, 1.82) is 0 Å². The fourth-order valence-electron chi connectivity index (χ4n) is 3.65. The molecule has 186 valence electrons. The number of aromatic nitrogens is 1. The summed E-state index contributed by atoms with van der Waals surface area (Å²) in [6.07, 6.45) is 11.2. The smallest absolute Gasteiger partial charge is 0.241 e. The van der Waals surface area contributed by atoms with Crippen molar-refractivity contribution in [3.05, 3.63) is 52.5 Å². The van der Waals surface area contributed by atoms with Gasteiger partial charge in [-0.25, -0.2) is 4.98 Å². The standard InChI is InChI=1S/C10H19N3O2.C10H7NOS.C6H12/c1-8(11-2)10(15)12-7-9(14)13-5-3-4-6-13;12-10(9-6-13-7-11-9)8-4-2-1-3-5-8;1-2-4-6-5-3-1/h8,11H,3-7H2,1-2H3,(H,12,15);1-7H;1-6H2. The predicted octanol–water partition coefficient (Wildman–Crippen LogP) is 4.05. The second-order valence-corrected chi connectivity index (χ2v) is 9.22. The molecule has 1 unspecified atom stereocenters. The van der Waals surface area contributed by atoms with E-state index in [-0.39, 0.29) is 30.2 Å². The van der Waals surface area contributed by atoms with Crippen molar-refractivity contribution < 1.29 is 14.4 Å². The summed E-state index contributed by atoms with van der Waals surface area (Å²) in [6, 6.07) is 8.91. The van der Waals surface area contributed by atoms with Crippen LogP contribution in [-0.4, -0.2) is 60.2 Å². The number of rotatable bonds is 6. The first-order valence-electron chi connectivity index (χ1n) is 12.2. The number of amides is 2. The number of likely N-dealkylation sites (N-methyl/N-ethyl adjacent to an activating group) is 1. The van der Waals surface area contributed by atoms with Gasteiger partial charge in [0.25, 0.3) is 0 Å². The number of carbonyl (C=O) groups excluding carboxylic acids is 3. The fourth-order valence-corrected chi connectivity index (χ4v) is 4.18. The van der Waals surface area contributed by atoms with E-state index in [1.807, 2.05) is 18.2 Å². The van der Waals surface area contributed by atoms with Gasteiger partial charge in [-0.05, 0) is 26.8 Å². The molecule has 4 rings (SSSR count). The molecule has 2 N–H and O–H groups in total. The maximum atomic E-state index is 11.7. The second-order valence-electron chi connectivity index (χ2n) is 8.51. The highest BCUT2D eigenvalue weighted by molar-refractivity contribution is 7.07. The Labute approximate surface area is 207 Å². The van der Waals surface area contributed by atoms with Crippen molar-refractivity contribution in [3.63, 3.8) is 0 Å². The van der Waals surface area contributed by atoms with Crippen LogP contribution in [0.4, 0.5) is 0 Å². The Balaban J connectivity index is 0.000000195. The minimum Gasteiger partial charge on any atom is -0.346 e. The maximum absolute atomic E-state index is 11.7. The Morgan fingerprint density at radius 3 is 2.06 bits per heavy atom. The summed E-state index contributed by atoms with van der Waals surface area (Å²) in [6.45, 7) is 3.53. The molecule has 1 saturated heterocycles. The topological polar surface area (TPSA) is 91.4 Å². The molecule has 1 aromatic heterocycles. The number of hydrogen-bond acceptors (Lipinski definition) is 6. The van der Waals surface area contributed by atoms with Crippen LogP contribution >= 0.6 is 11.3 Å². The normalized spacial score (nSPS) is 15.8. The highest BCUT2D eigenvalue weighted by Crippen LogP contribution is 2.15. The number of nitrogens with one attached hydrogen (secondary N) is 2. The molecule has 0 radical (unpaired) electrons. The Hall–Kier alpha value is -2.58. The summed E-state index contributed by atoms with van der Waals surface area (Å²) in [7, 11) is 1.71. The van der Waals surface area contributed by atoms with Crippen molar-refractivity contribution in [2.24, 2.45) is 0 Å². The largest absolute Gasteiger partial charge is 0.346 e. The van der Waals surface area contributed by atoms with Gasteiger partial charge in [-0.2, -0.15) is 0 Å². The molecule has 2 amide bonds. The summed E-state index contributed by atoms with van der Waals surface area (Å²) in [5.74, 6) is -0.129. The zero-order chi connectivity index (χ0) is 24.6. The molecule has 34 heavy (non-hydrogen) atoms. The van der Waals surface area contributed by atoms with E-state index >= 15 is 0 Å². The minimum absolute atomic E-state index is 0.0122. The summed E-state index contributed by atoms with van der Waals surface area (Å²) in [4.78, 5) is 40.3. The van der Waals surface area contributed by atoms with Crippen LogP contribution in [0.15, 0.2) is 41.2 Å². The van der Waals surface area contributed by atoms with Gasteiger partial charge in [0.05, 0.1) is 18.1 Å². The van der Waals surface area contributed by atoms with Gasteiger partial charge < -0.3 is 15.5 Å². The van der Waals surface area contributed by atoms with E-state index in [1.165, 1.54) is 49.9 Å². The van der Waals surface area contributed by atoms with E-state index in [2.05, 4.69) is 15.6 Å². The summed E-state index contributed by atoms with van der Waals surface area (Å²) >= 11 is 1.43. The number of nitrogens with zero attached hydrogens (tertiary/aromatic N) is 2. The third kappa shape index (κ3) is 10.1. The molecule has 8 heteroatoms. The lowest BCUT2D eigenvalue weighted by atomic mass is 10.0. The zero-order valence-electron chi connectivity index (χ0n) is 20.4. The highest BCUT2D eigenvalue weighted by Gasteiger charge is 2.19. The van der Waals surface area contributed by atoms with Crippen LogP contribution in [0.3, 0.4) is 0 Å². The first-order chi connectivity index (χ1) is 16.5. The molecule has 2 heterocycles. The second kappa shape index (κ2) is 16.1. The van der Waals surface area contributed by atoms with Gasteiger partial charge in [0.2, 0.25) is 17.6 Å². The Morgan fingerprint density at radius 1 is 0.971 bits per heavy atom. The van der Waals surface area contributed by atoms with Crippen LogP contribution in [-0.2, 0) is 9.59 Å². The van der Waals surface area contributed by atoms with Gasteiger partial charge >= 0.3 is 0 Å². The van der Waals surface area contributed by atoms with Crippen LogP contribution in [0, 0.1) is 0 Å². The monoisotopic (exact) mass is 486 g/mol. The van der Waals surface area contributed by atoms with Crippen molar-refractivity contribution in [2.45, 2.75) is 64.3 Å². The van der Waals surface area contributed by atoms with Crippen molar-refractivity contribution in [2.75, 3.05) is 26.7 Å². The number of benzene rings is 1. The average molecular weight is 487 g/mol. The first kappa shape index (κ1) is 27.7. The lowest BCUT2D eigenvalue weighted by Crippen LogP contribution is -2.45. The average Bonchev–Trinajstić information content (AvgIpc) is 3.63. The van der Waals surface area contributed by atoms with E-state index in [1.54, 1.807) is 41.9 Å². The lowest BCUT2D eigenvalue weighted by Gasteiger charge is -2.16. The molecule has 2 aliphatic rings. The molecular weight excluding hydrogens is 448 g/mol. The zero-order valence-corrected chi connectivity index (χ0v) is 21.2. The van der Waals surface area contributed by atoms with E-state index in [4.69, 9.17) is 0 Å². The number of thiazole rings is 1. The number of carbonyl (C=O) groups is 3. The molecular formula is C26H38N4O3S. The number of hydrogen-bond donors (Lipinski definition) is 2. The molecule has 0 spiro atoms. The fraction of sp³-hybridized carbons (Fsp3) is 0.538. The molecule has 1 saturated carbocycles. The van der Waals surface area contributed by atoms with Crippen molar-refractivity contribution in [3.8, 4) is 0 Å². The Bertz CT molecular complexity index is 837. The third-order valence-corrected chi connectivity index (χ3v) is 6.49. The summed E-state index contributed by atoms with van der Waals surface area (Å²) in [5, 5.41) is 7.20. The van der Waals surface area contributed by atoms with Gasteiger partial charge in [-0.3, -0.25) is 14.4 Å². The predicted molar refractivity (Wildman–Crippen MR) is 137 cm³/mol. The first-order valence-corrected chi connectivity index (χ1v) is 13.2. The van der Waals surface area contributed by atoms with Crippen molar-refractivity contribution in [1.82, 2.24) is 20.5 Å². The molecule has 1 aliphatic carbocycles. The molecule has 2 fully saturated rings. The van der Waals surface area contributed by atoms with Gasteiger partial charge in [0.1, 0.15) is 5.69 Å². The van der Waals surface area contributed by atoms with E-state index in [9.17, 15) is 14.4 Å². The quantitative estimate of drug-likeness (QED) is 0.601. The van der Waals surface area contributed by atoms with Crippen LogP contribution in [0.1, 0.15) is 74.3 Å². The minimum atomic E-state index is -0.253. The summed E-state index contributed by atoms with van der Waals surface area (Å²) < 4.78 is 0. The maximum Gasteiger partial charge on any atom is 0.241 e. The number of ketones is 1. The Kier molecular flexibility index (Phi) is 13.1. The molecule has 1 atom stereocenters. The van der Waals surface area contributed by atoms with Gasteiger partial charge in [-0.15, -0.1) is 11.3 Å². The van der Waals surface area contributed by atoms with Gasteiger partial charge in [-0.1, -0.05) is 68.9 Å². The molecule has 1 aliphatic heterocycles. The molecule has 1 aromatic carbocycles. The lowest BCUT2D eigenvalue weighted by molar-refractivity contribution is -0.132. The van der Waals surface area contributed by atoms with Crippen LogP contribution < -0.4 is 10.6 Å². The van der Waals surface area contributed by atoms with Gasteiger partial charge in [0, 0.05) is 24.0 Å². The van der Waals surface area contributed by atoms with E-state index in [0.29, 0.717) is 11.3 Å². The van der Waals surface area contributed by atoms with Crippen LogP contribution in [0.2, 0.25) is 0 Å².